The van der Waals surface area contributed by atoms with Crippen LogP contribution in [0.1, 0.15) is 30.7 Å². The third-order valence-corrected chi connectivity index (χ3v) is 6.23. The second-order valence-corrected chi connectivity index (χ2v) is 8.07. The van der Waals surface area contributed by atoms with Crippen LogP contribution in [0.5, 0.6) is 0 Å². The van der Waals surface area contributed by atoms with Gasteiger partial charge in [0.2, 0.25) is 0 Å². The largest absolute Gasteiger partial charge is 0.313 e. The maximum absolute atomic E-state index is 15.0. The zero-order chi connectivity index (χ0) is 20.7. The highest BCUT2D eigenvalue weighted by atomic mass is 35.5. The van der Waals surface area contributed by atoms with Gasteiger partial charge in [-0.25, -0.2) is 4.39 Å². The third kappa shape index (κ3) is 2.99. The molecule has 0 amide bonds. The van der Waals surface area contributed by atoms with Gasteiger partial charge in [-0.2, -0.15) is 0 Å². The van der Waals surface area contributed by atoms with Crippen molar-refractivity contribution in [2.24, 2.45) is 7.05 Å². The Balaban J connectivity index is 1.54. The predicted octanol–water partition coefficient (Wildman–Crippen LogP) is 5.20. The Morgan fingerprint density at radius 2 is 1.83 bits per heavy atom. The van der Waals surface area contributed by atoms with Gasteiger partial charge < -0.3 is 4.57 Å². The van der Waals surface area contributed by atoms with E-state index in [9.17, 15) is 0 Å². The van der Waals surface area contributed by atoms with E-state index in [0.29, 0.717) is 27.7 Å². The van der Waals surface area contributed by atoms with Gasteiger partial charge in [-0.3, -0.25) is 9.97 Å². The van der Waals surface area contributed by atoms with Gasteiger partial charge in [0.15, 0.2) is 5.82 Å². The van der Waals surface area contributed by atoms with E-state index in [1.165, 1.54) is 11.6 Å². The van der Waals surface area contributed by atoms with E-state index < -0.39 is 0 Å². The molecule has 1 saturated carbocycles. The summed E-state index contributed by atoms with van der Waals surface area (Å²) in [7, 11) is 1.90. The minimum atomic E-state index is -0.366. The molecule has 0 atom stereocenters. The first-order valence-corrected chi connectivity index (χ1v) is 10.2. The molecule has 4 aromatic rings. The first kappa shape index (κ1) is 18.9. The molecule has 0 radical (unpaired) electrons. The molecular formula is C23H19ClFN5. The van der Waals surface area contributed by atoms with Crippen LogP contribution >= 0.6 is 11.6 Å². The summed E-state index contributed by atoms with van der Waals surface area (Å²) in [6.07, 6.45) is 7.87. The van der Waals surface area contributed by atoms with Crippen molar-refractivity contribution in [2.75, 3.05) is 0 Å². The first-order valence-electron chi connectivity index (χ1n) is 9.81. The second-order valence-electron chi connectivity index (χ2n) is 7.63. The van der Waals surface area contributed by atoms with E-state index in [1.807, 2.05) is 41.9 Å². The number of aromatic nitrogens is 5. The SMILES string of the molecule is Cn1c(-c2ccc(-c3cnccn3)cc2F)nnc1C1(c2ccc(Cl)cc2)CCC1. The average Bonchev–Trinajstić information content (AvgIpc) is 3.11. The molecule has 0 unspecified atom stereocenters. The van der Waals surface area contributed by atoms with Gasteiger partial charge >= 0.3 is 0 Å². The Bertz CT molecular complexity index is 1200. The van der Waals surface area contributed by atoms with E-state index in [1.54, 1.807) is 24.7 Å². The molecule has 1 aliphatic carbocycles. The number of nitrogens with zero attached hydrogens (tertiary/aromatic N) is 5. The summed E-state index contributed by atoms with van der Waals surface area (Å²) < 4.78 is 16.9. The van der Waals surface area contributed by atoms with Crippen molar-refractivity contribution in [3.63, 3.8) is 0 Å². The van der Waals surface area contributed by atoms with Crippen LogP contribution in [-0.2, 0) is 12.5 Å². The fraction of sp³-hybridized carbons (Fsp3) is 0.217. The van der Waals surface area contributed by atoms with Gasteiger partial charge in [0.05, 0.1) is 22.9 Å². The summed E-state index contributed by atoms with van der Waals surface area (Å²) in [5.41, 5.74) is 2.66. The zero-order valence-corrected chi connectivity index (χ0v) is 17.1. The van der Waals surface area contributed by atoms with Crippen LogP contribution in [0, 0.1) is 5.82 Å². The topological polar surface area (TPSA) is 56.5 Å². The fourth-order valence-electron chi connectivity index (χ4n) is 4.23. The number of rotatable bonds is 4. The average molecular weight is 420 g/mol. The lowest BCUT2D eigenvalue weighted by Crippen LogP contribution is -2.38. The summed E-state index contributed by atoms with van der Waals surface area (Å²) in [4.78, 5) is 8.28. The Kier molecular flexibility index (Phi) is 4.59. The van der Waals surface area contributed by atoms with Crippen LogP contribution in [0.15, 0.2) is 61.1 Å². The lowest BCUT2D eigenvalue weighted by molar-refractivity contribution is 0.278. The Morgan fingerprint density at radius 1 is 1.03 bits per heavy atom. The number of halogens is 2. The highest BCUT2D eigenvalue weighted by Crippen LogP contribution is 2.48. The Labute approximate surface area is 178 Å². The molecule has 5 rings (SSSR count). The molecule has 1 fully saturated rings. The van der Waals surface area contributed by atoms with Crippen LogP contribution < -0.4 is 0 Å². The number of hydrogen-bond acceptors (Lipinski definition) is 4. The molecule has 5 nitrogen and oxygen atoms in total. The Morgan fingerprint density at radius 3 is 2.47 bits per heavy atom. The molecule has 30 heavy (non-hydrogen) atoms. The van der Waals surface area contributed by atoms with Gasteiger partial charge in [-0.15, -0.1) is 10.2 Å². The van der Waals surface area contributed by atoms with Gasteiger partial charge in [-0.1, -0.05) is 36.2 Å². The molecule has 0 bridgehead atoms. The van der Waals surface area contributed by atoms with Crippen molar-refractivity contribution in [3.05, 3.63) is 83.3 Å². The summed E-state index contributed by atoms with van der Waals surface area (Å²) in [6, 6.07) is 12.9. The maximum atomic E-state index is 15.0. The van der Waals surface area contributed by atoms with Gasteiger partial charge in [0, 0.05) is 30.0 Å². The van der Waals surface area contributed by atoms with Crippen molar-refractivity contribution < 1.29 is 4.39 Å². The molecule has 150 valence electrons. The van der Waals surface area contributed by atoms with Crippen molar-refractivity contribution in [1.82, 2.24) is 24.7 Å². The van der Waals surface area contributed by atoms with Gasteiger partial charge in [0.1, 0.15) is 11.6 Å². The summed E-state index contributed by atoms with van der Waals surface area (Å²) in [6.45, 7) is 0. The van der Waals surface area contributed by atoms with E-state index in [4.69, 9.17) is 11.6 Å². The van der Waals surface area contributed by atoms with E-state index in [-0.39, 0.29) is 11.2 Å². The molecule has 0 N–H and O–H groups in total. The highest BCUT2D eigenvalue weighted by Gasteiger charge is 2.44. The fourth-order valence-corrected chi connectivity index (χ4v) is 4.35. The molecule has 2 aromatic heterocycles. The third-order valence-electron chi connectivity index (χ3n) is 5.98. The summed E-state index contributed by atoms with van der Waals surface area (Å²) >= 11 is 6.08. The van der Waals surface area contributed by atoms with Crippen molar-refractivity contribution in [3.8, 4) is 22.6 Å². The van der Waals surface area contributed by atoms with E-state index >= 15 is 4.39 Å². The zero-order valence-electron chi connectivity index (χ0n) is 16.4. The highest BCUT2D eigenvalue weighted by molar-refractivity contribution is 6.30. The lowest BCUT2D eigenvalue weighted by Gasteiger charge is -2.41. The second kappa shape index (κ2) is 7.29. The summed E-state index contributed by atoms with van der Waals surface area (Å²) in [5, 5.41) is 9.56. The monoisotopic (exact) mass is 419 g/mol. The van der Waals surface area contributed by atoms with Crippen LogP contribution in [-0.4, -0.2) is 24.7 Å². The van der Waals surface area contributed by atoms with Crippen LogP contribution in [0.2, 0.25) is 5.02 Å². The number of hydrogen-bond donors (Lipinski definition) is 0. The van der Waals surface area contributed by atoms with Crippen molar-refractivity contribution in [2.45, 2.75) is 24.7 Å². The summed E-state index contributed by atoms with van der Waals surface area (Å²) in [5.74, 6) is 0.992. The van der Waals surface area contributed by atoms with Crippen LogP contribution in [0.4, 0.5) is 4.39 Å². The first-order chi connectivity index (χ1) is 14.6. The predicted molar refractivity (Wildman–Crippen MR) is 114 cm³/mol. The van der Waals surface area contributed by atoms with Gasteiger partial charge in [0.25, 0.3) is 0 Å². The minimum Gasteiger partial charge on any atom is -0.313 e. The quantitative estimate of drug-likeness (QED) is 0.456. The molecule has 0 aliphatic heterocycles. The maximum Gasteiger partial charge on any atom is 0.166 e. The number of benzene rings is 2. The minimum absolute atomic E-state index is 0.208. The van der Waals surface area contributed by atoms with Crippen molar-refractivity contribution >= 4 is 11.6 Å². The Hall–Kier alpha value is -3.12. The smallest absolute Gasteiger partial charge is 0.166 e. The molecule has 7 heteroatoms. The van der Waals surface area contributed by atoms with Crippen LogP contribution in [0.3, 0.4) is 0 Å². The molecule has 2 heterocycles. The molecule has 2 aromatic carbocycles. The standard InChI is InChI=1S/C23H19ClFN5/c1-30-21(18-8-3-15(13-19(18)25)20-14-26-11-12-27-20)28-29-22(30)23(9-2-10-23)16-4-6-17(24)7-5-16/h3-8,11-14H,2,9-10H2,1H3. The van der Waals surface area contributed by atoms with Gasteiger partial charge in [-0.05, 0) is 42.7 Å². The van der Waals surface area contributed by atoms with E-state index in [0.717, 1.165) is 25.1 Å². The lowest BCUT2D eigenvalue weighted by atomic mass is 9.64. The van der Waals surface area contributed by atoms with Crippen molar-refractivity contribution in [1.29, 1.82) is 0 Å². The normalized spacial score (nSPS) is 15.0. The van der Waals surface area contributed by atoms with Crippen LogP contribution in [0.25, 0.3) is 22.6 Å². The molecule has 1 aliphatic rings. The molecule has 0 spiro atoms. The van der Waals surface area contributed by atoms with E-state index in [2.05, 4.69) is 20.2 Å². The molecule has 0 saturated heterocycles. The molecular weight excluding hydrogens is 401 g/mol.